The summed E-state index contributed by atoms with van der Waals surface area (Å²) in [5, 5.41) is 11.4. The van der Waals surface area contributed by atoms with Crippen LogP contribution in [0.5, 0.6) is 0 Å². The summed E-state index contributed by atoms with van der Waals surface area (Å²) >= 11 is 1.36. The van der Waals surface area contributed by atoms with E-state index in [2.05, 4.69) is 4.90 Å². The average molecular weight is 441 g/mol. The highest BCUT2D eigenvalue weighted by Gasteiger charge is 2.24. The number of piperazine rings is 1. The van der Waals surface area contributed by atoms with Crippen LogP contribution >= 0.6 is 11.8 Å². The molecule has 1 aromatic heterocycles. The lowest BCUT2D eigenvalue weighted by molar-refractivity contribution is -0.387. The normalized spacial score (nSPS) is 14.0. The molecule has 0 saturated carbocycles. The van der Waals surface area contributed by atoms with Crippen molar-refractivity contribution in [1.82, 2.24) is 4.90 Å². The second-order valence-corrected chi connectivity index (χ2v) is 8.08. The molecular weight excluding hydrogens is 421 g/mol. The third kappa shape index (κ3) is 4.88. The van der Waals surface area contributed by atoms with Crippen LogP contribution in [-0.2, 0) is 5.75 Å². The molecule has 2 aromatic carbocycles. The number of carbonyl (C=O) groups excluding carboxylic acids is 1. The molecule has 0 aliphatic carbocycles. The number of hydrogen-bond donors (Lipinski definition) is 0. The molecule has 2 heterocycles. The zero-order chi connectivity index (χ0) is 21.8. The van der Waals surface area contributed by atoms with Gasteiger partial charge in [-0.3, -0.25) is 14.9 Å². The summed E-state index contributed by atoms with van der Waals surface area (Å²) in [4.78, 5) is 28.1. The minimum Gasteiger partial charge on any atom is -0.468 e. The molecule has 0 atom stereocenters. The zero-order valence-corrected chi connectivity index (χ0v) is 17.4. The molecule has 160 valence electrons. The molecule has 1 saturated heterocycles. The Hall–Kier alpha value is -3.33. The summed E-state index contributed by atoms with van der Waals surface area (Å²) in [5.41, 5.74) is 1.40. The first-order chi connectivity index (χ1) is 15.0. The lowest BCUT2D eigenvalue weighted by Gasteiger charge is -2.36. The summed E-state index contributed by atoms with van der Waals surface area (Å²) in [5.74, 6) is 0.743. The summed E-state index contributed by atoms with van der Waals surface area (Å²) < 4.78 is 18.4. The van der Waals surface area contributed by atoms with Gasteiger partial charge >= 0.3 is 0 Å². The highest BCUT2D eigenvalue weighted by molar-refractivity contribution is 7.98. The van der Waals surface area contributed by atoms with Crippen molar-refractivity contribution in [2.75, 3.05) is 31.1 Å². The molecule has 0 unspecified atom stereocenters. The molecule has 0 bridgehead atoms. The highest BCUT2D eigenvalue weighted by Crippen LogP contribution is 2.35. The number of nitro benzene ring substituents is 1. The standard InChI is InChI=1S/C22H20FN3O4S/c23-17-5-3-16(4-6-17)22(27)25-11-9-24(10-12-25)18-7-8-20(26(28)29)21(14-18)31-15-19-2-1-13-30-19/h1-8,13-14H,9-12,15H2. The lowest BCUT2D eigenvalue weighted by atomic mass is 10.1. The monoisotopic (exact) mass is 441 g/mol. The van der Waals surface area contributed by atoms with Crippen LogP contribution in [0, 0.1) is 15.9 Å². The fourth-order valence-corrected chi connectivity index (χ4v) is 4.41. The van der Waals surface area contributed by atoms with Crippen molar-refractivity contribution in [2.45, 2.75) is 10.6 Å². The van der Waals surface area contributed by atoms with Crippen LogP contribution < -0.4 is 4.90 Å². The summed E-state index contributed by atoms with van der Waals surface area (Å²) in [7, 11) is 0. The van der Waals surface area contributed by atoms with Crippen molar-refractivity contribution in [3.63, 3.8) is 0 Å². The smallest absolute Gasteiger partial charge is 0.283 e. The number of nitrogens with zero attached hydrogens (tertiary/aromatic N) is 3. The SMILES string of the molecule is O=C(c1ccc(F)cc1)N1CCN(c2ccc([N+](=O)[O-])c(SCc3ccco3)c2)CC1. The number of halogens is 1. The number of rotatable bonds is 6. The second-order valence-electron chi connectivity index (χ2n) is 7.06. The molecule has 1 fully saturated rings. The predicted octanol–water partition coefficient (Wildman–Crippen LogP) is 4.58. The first-order valence-corrected chi connectivity index (χ1v) is 10.7. The van der Waals surface area contributed by atoms with Crippen LogP contribution in [0.2, 0.25) is 0 Å². The van der Waals surface area contributed by atoms with Gasteiger partial charge in [-0.15, -0.1) is 11.8 Å². The third-order valence-electron chi connectivity index (χ3n) is 5.11. The Balaban J connectivity index is 1.43. The van der Waals surface area contributed by atoms with Crippen LogP contribution in [0.4, 0.5) is 15.8 Å². The third-order valence-corrected chi connectivity index (χ3v) is 6.18. The molecule has 7 nitrogen and oxygen atoms in total. The van der Waals surface area contributed by atoms with Crippen LogP contribution in [0.3, 0.4) is 0 Å². The molecule has 31 heavy (non-hydrogen) atoms. The van der Waals surface area contributed by atoms with Crippen molar-refractivity contribution >= 4 is 29.0 Å². The fourth-order valence-electron chi connectivity index (χ4n) is 3.45. The Morgan fingerprint density at radius 2 is 1.84 bits per heavy atom. The van der Waals surface area contributed by atoms with E-state index in [0.717, 1.165) is 11.4 Å². The van der Waals surface area contributed by atoms with Gasteiger partial charge in [-0.05, 0) is 48.5 Å². The van der Waals surface area contributed by atoms with Crippen LogP contribution in [0.25, 0.3) is 0 Å². The molecule has 1 aliphatic rings. The van der Waals surface area contributed by atoms with Crippen molar-refractivity contribution in [1.29, 1.82) is 0 Å². The maximum Gasteiger partial charge on any atom is 0.283 e. The van der Waals surface area contributed by atoms with E-state index in [0.29, 0.717) is 42.4 Å². The molecule has 4 rings (SSSR count). The zero-order valence-electron chi connectivity index (χ0n) is 16.6. The van der Waals surface area contributed by atoms with Gasteiger partial charge in [0.2, 0.25) is 0 Å². The molecule has 0 radical (unpaired) electrons. The van der Waals surface area contributed by atoms with Crippen molar-refractivity contribution in [3.05, 3.63) is 88.1 Å². The average Bonchev–Trinajstić information content (AvgIpc) is 3.31. The van der Waals surface area contributed by atoms with Crippen LogP contribution in [0.1, 0.15) is 16.1 Å². The largest absolute Gasteiger partial charge is 0.468 e. The Labute approximate surface area is 182 Å². The number of nitro groups is 1. The number of carbonyl (C=O) groups is 1. The van der Waals surface area contributed by atoms with Gasteiger partial charge in [-0.25, -0.2) is 4.39 Å². The van der Waals surface area contributed by atoms with E-state index in [1.807, 2.05) is 12.1 Å². The van der Waals surface area contributed by atoms with E-state index in [-0.39, 0.29) is 22.3 Å². The molecule has 1 aliphatic heterocycles. The first kappa shape index (κ1) is 20.9. The van der Waals surface area contributed by atoms with Crippen molar-refractivity contribution in [3.8, 4) is 0 Å². The summed E-state index contributed by atoms with van der Waals surface area (Å²) in [6, 6.07) is 14.2. The van der Waals surface area contributed by atoms with E-state index in [4.69, 9.17) is 4.42 Å². The first-order valence-electron chi connectivity index (χ1n) is 9.74. The number of amides is 1. The molecular formula is C22H20FN3O4S. The van der Waals surface area contributed by atoms with Gasteiger partial charge < -0.3 is 14.2 Å². The van der Waals surface area contributed by atoms with Crippen LogP contribution in [-0.4, -0.2) is 41.9 Å². The predicted molar refractivity (Wildman–Crippen MR) is 116 cm³/mol. The molecule has 0 spiro atoms. The minimum absolute atomic E-state index is 0.0606. The van der Waals surface area contributed by atoms with E-state index in [9.17, 15) is 19.3 Å². The van der Waals surface area contributed by atoms with Crippen molar-refractivity contribution in [2.24, 2.45) is 0 Å². The maximum absolute atomic E-state index is 13.1. The highest BCUT2D eigenvalue weighted by atomic mass is 32.2. The number of benzene rings is 2. The van der Waals surface area contributed by atoms with Gasteiger partial charge in [-0.2, -0.15) is 0 Å². The Morgan fingerprint density at radius 3 is 2.48 bits per heavy atom. The Kier molecular flexibility index (Phi) is 6.22. The van der Waals surface area contributed by atoms with Crippen molar-refractivity contribution < 1.29 is 18.5 Å². The topological polar surface area (TPSA) is 79.8 Å². The van der Waals surface area contributed by atoms with Gasteiger partial charge in [0, 0.05) is 43.5 Å². The molecule has 9 heteroatoms. The van der Waals surface area contributed by atoms with Gasteiger partial charge in [0.25, 0.3) is 11.6 Å². The Bertz CT molecular complexity index is 1060. The quantitative estimate of drug-likeness (QED) is 0.316. The lowest BCUT2D eigenvalue weighted by Crippen LogP contribution is -2.48. The molecule has 3 aromatic rings. The summed E-state index contributed by atoms with van der Waals surface area (Å²) in [6.07, 6.45) is 1.58. The van der Waals surface area contributed by atoms with Gasteiger partial charge in [-0.1, -0.05) is 0 Å². The van der Waals surface area contributed by atoms with E-state index >= 15 is 0 Å². The van der Waals surface area contributed by atoms with E-state index < -0.39 is 0 Å². The van der Waals surface area contributed by atoms with E-state index in [1.165, 1.54) is 42.1 Å². The summed E-state index contributed by atoms with van der Waals surface area (Å²) in [6.45, 7) is 2.24. The fraction of sp³-hybridized carbons (Fsp3) is 0.227. The Morgan fingerprint density at radius 1 is 1.10 bits per heavy atom. The number of thioether (sulfide) groups is 1. The maximum atomic E-state index is 13.1. The molecule has 0 N–H and O–H groups in total. The second kappa shape index (κ2) is 9.22. The number of anilines is 1. The van der Waals surface area contributed by atoms with Gasteiger partial charge in [0.05, 0.1) is 21.8 Å². The van der Waals surface area contributed by atoms with Gasteiger partial charge in [0.1, 0.15) is 11.6 Å². The molecule has 1 amide bonds. The minimum atomic E-state index is -0.381. The van der Waals surface area contributed by atoms with Gasteiger partial charge in [0.15, 0.2) is 0 Å². The van der Waals surface area contributed by atoms with E-state index in [1.54, 1.807) is 23.3 Å². The number of hydrogen-bond acceptors (Lipinski definition) is 6. The van der Waals surface area contributed by atoms with Crippen LogP contribution in [0.15, 0.2) is 70.2 Å². The number of furan rings is 1.